The van der Waals surface area contributed by atoms with Gasteiger partial charge in [0, 0.05) is 19.2 Å². The molecular weight excluding hydrogens is 364 g/mol. The van der Waals surface area contributed by atoms with Crippen molar-refractivity contribution >= 4 is 11.7 Å². The van der Waals surface area contributed by atoms with Crippen molar-refractivity contribution in [3.05, 3.63) is 82.8 Å². The predicted octanol–water partition coefficient (Wildman–Crippen LogP) is 3.69. The van der Waals surface area contributed by atoms with Gasteiger partial charge in [0.15, 0.2) is 0 Å². The van der Waals surface area contributed by atoms with E-state index in [0.29, 0.717) is 36.8 Å². The van der Waals surface area contributed by atoms with Crippen molar-refractivity contribution in [3.63, 3.8) is 0 Å². The molecule has 0 saturated carbocycles. The smallest absolute Gasteiger partial charge is 0.270 e. The van der Waals surface area contributed by atoms with E-state index in [4.69, 9.17) is 4.74 Å². The molecule has 1 heterocycles. The quantitative estimate of drug-likeness (QED) is 0.614. The second-order valence-electron chi connectivity index (χ2n) is 6.88. The fraction of sp³-hybridized carbons (Fsp3) is 0.261. The molecule has 6 heteroatoms. The van der Waals surface area contributed by atoms with Crippen LogP contribution in [0.2, 0.25) is 0 Å². The summed E-state index contributed by atoms with van der Waals surface area (Å²) >= 11 is 0. The number of aryl methyl sites for hydroxylation is 2. The van der Waals surface area contributed by atoms with Crippen molar-refractivity contribution < 1.29 is 9.53 Å². The van der Waals surface area contributed by atoms with Gasteiger partial charge in [-0.25, -0.2) is 9.97 Å². The Hall–Kier alpha value is -3.41. The van der Waals surface area contributed by atoms with Crippen LogP contribution in [0, 0.1) is 13.8 Å². The predicted molar refractivity (Wildman–Crippen MR) is 114 cm³/mol. The van der Waals surface area contributed by atoms with Gasteiger partial charge >= 0.3 is 0 Å². The molecule has 29 heavy (non-hydrogen) atoms. The Kier molecular flexibility index (Phi) is 6.79. The lowest BCUT2D eigenvalue weighted by Crippen LogP contribution is -2.27. The van der Waals surface area contributed by atoms with Gasteiger partial charge in [0.1, 0.15) is 23.1 Å². The zero-order valence-corrected chi connectivity index (χ0v) is 17.0. The molecule has 0 unspecified atom stereocenters. The number of carbonyl (C=O) groups is 1. The van der Waals surface area contributed by atoms with Gasteiger partial charge in [-0.05, 0) is 43.5 Å². The molecule has 0 radical (unpaired) electrons. The summed E-state index contributed by atoms with van der Waals surface area (Å²) in [6.07, 6.45) is 0.714. The number of hydrogen-bond acceptors (Lipinski definition) is 5. The SMILES string of the molecule is COc1cccc(CCNC(=O)c2cc(NCc3ccc(C)cc3)nc(C)n2)c1. The first-order valence-electron chi connectivity index (χ1n) is 9.60. The summed E-state index contributed by atoms with van der Waals surface area (Å²) in [5, 5.41) is 6.19. The standard InChI is InChI=1S/C23H26N4O2/c1-16-7-9-19(10-8-16)15-25-22-14-21(26-17(2)27-22)23(28)24-12-11-18-5-4-6-20(13-18)29-3/h4-10,13-14H,11-12,15H2,1-3H3,(H,24,28)(H,25,26,27). The Balaban J connectivity index is 1.57. The molecule has 0 atom stereocenters. The van der Waals surface area contributed by atoms with Crippen molar-refractivity contribution in [2.24, 2.45) is 0 Å². The molecule has 6 nitrogen and oxygen atoms in total. The van der Waals surface area contributed by atoms with Crippen LogP contribution < -0.4 is 15.4 Å². The second-order valence-corrected chi connectivity index (χ2v) is 6.88. The maximum atomic E-state index is 12.5. The van der Waals surface area contributed by atoms with E-state index in [1.54, 1.807) is 20.1 Å². The minimum absolute atomic E-state index is 0.211. The average Bonchev–Trinajstić information content (AvgIpc) is 2.73. The average molecular weight is 390 g/mol. The number of carbonyl (C=O) groups excluding carboxylic acids is 1. The first-order chi connectivity index (χ1) is 14.0. The van der Waals surface area contributed by atoms with E-state index in [1.807, 2.05) is 24.3 Å². The van der Waals surface area contributed by atoms with E-state index < -0.39 is 0 Å². The number of ether oxygens (including phenoxy) is 1. The summed E-state index contributed by atoms with van der Waals surface area (Å²) < 4.78 is 5.23. The van der Waals surface area contributed by atoms with Crippen LogP contribution in [0.25, 0.3) is 0 Å². The summed E-state index contributed by atoms with van der Waals surface area (Å²) in [7, 11) is 1.64. The molecule has 1 aromatic heterocycles. The number of methoxy groups -OCH3 is 1. The highest BCUT2D eigenvalue weighted by atomic mass is 16.5. The lowest BCUT2D eigenvalue weighted by atomic mass is 10.1. The maximum absolute atomic E-state index is 12.5. The van der Waals surface area contributed by atoms with E-state index in [2.05, 4.69) is 51.8 Å². The summed E-state index contributed by atoms with van der Waals surface area (Å²) in [5.74, 6) is 1.79. The van der Waals surface area contributed by atoms with Gasteiger partial charge in [-0.15, -0.1) is 0 Å². The molecule has 0 fully saturated rings. The molecule has 3 rings (SSSR count). The Morgan fingerprint density at radius 1 is 1.00 bits per heavy atom. The molecule has 0 aliphatic carbocycles. The molecule has 2 aromatic carbocycles. The van der Waals surface area contributed by atoms with Gasteiger partial charge < -0.3 is 15.4 Å². The highest BCUT2D eigenvalue weighted by Gasteiger charge is 2.10. The van der Waals surface area contributed by atoms with Crippen LogP contribution in [-0.2, 0) is 13.0 Å². The van der Waals surface area contributed by atoms with Crippen LogP contribution >= 0.6 is 0 Å². The van der Waals surface area contributed by atoms with Crippen LogP contribution in [0.4, 0.5) is 5.82 Å². The lowest BCUT2D eigenvalue weighted by molar-refractivity contribution is 0.0949. The molecule has 2 N–H and O–H groups in total. The number of hydrogen-bond donors (Lipinski definition) is 2. The fourth-order valence-electron chi connectivity index (χ4n) is 2.91. The summed E-state index contributed by atoms with van der Waals surface area (Å²) in [4.78, 5) is 21.2. The van der Waals surface area contributed by atoms with Crippen molar-refractivity contribution in [2.75, 3.05) is 19.0 Å². The maximum Gasteiger partial charge on any atom is 0.270 e. The Morgan fingerprint density at radius 2 is 1.79 bits per heavy atom. The van der Waals surface area contributed by atoms with E-state index in [9.17, 15) is 4.79 Å². The van der Waals surface area contributed by atoms with Gasteiger partial charge in [0.25, 0.3) is 5.91 Å². The second kappa shape index (κ2) is 9.68. The van der Waals surface area contributed by atoms with E-state index in [0.717, 1.165) is 16.9 Å². The molecular formula is C23H26N4O2. The Morgan fingerprint density at radius 3 is 2.55 bits per heavy atom. The van der Waals surface area contributed by atoms with Crippen LogP contribution in [0.1, 0.15) is 33.0 Å². The monoisotopic (exact) mass is 390 g/mol. The molecule has 0 bridgehead atoms. The van der Waals surface area contributed by atoms with E-state index in [1.165, 1.54) is 5.56 Å². The van der Waals surface area contributed by atoms with Gasteiger partial charge in [-0.2, -0.15) is 0 Å². The minimum atomic E-state index is -0.211. The Labute approximate surface area is 171 Å². The van der Waals surface area contributed by atoms with Crippen LogP contribution in [0.3, 0.4) is 0 Å². The summed E-state index contributed by atoms with van der Waals surface area (Å²) in [6.45, 7) is 4.99. The largest absolute Gasteiger partial charge is 0.497 e. The number of benzene rings is 2. The fourth-order valence-corrected chi connectivity index (χ4v) is 2.91. The number of nitrogens with one attached hydrogen (secondary N) is 2. The van der Waals surface area contributed by atoms with E-state index in [-0.39, 0.29) is 5.91 Å². The number of rotatable bonds is 8. The molecule has 1 amide bonds. The zero-order valence-electron chi connectivity index (χ0n) is 17.0. The van der Waals surface area contributed by atoms with Gasteiger partial charge in [-0.3, -0.25) is 4.79 Å². The summed E-state index contributed by atoms with van der Waals surface area (Å²) in [6, 6.07) is 17.8. The molecule has 0 saturated heterocycles. The van der Waals surface area contributed by atoms with Crippen LogP contribution in [0.5, 0.6) is 5.75 Å². The Bertz CT molecular complexity index is 971. The highest BCUT2D eigenvalue weighted by molar-refractivity contribution is 5.92. The lowest BCUT2D eigenvalue weighted by Gasteiger charge is -2.10. The third kappa shape index (κ3) is 6.04. The van der Waals surface area contributed by atoms with Crippen molar-refractivity contribution in [2.45, 2.75) is 26.8 Å². The van der Waals surface area contributed by atoms with Crippen molar-refractivity contribution in [1.29, 1.82) is 0 Å². The number of amides is 1. The first kappa shape index (κ1) is 20.3. The molecule has 0 aliphatic rings. The van der Waals surface area contributed by atoms with Gasteiger partial charge in [0.2, 0.25) is 0 Å². The number of anilines is 1. The zero-order chi connectivity index (χ0) is 20.6. The van der Waals surface area contributed by atoms with E-state index >= 15 is 0 Å². The first-order valence-corrected chi connectivity index (χ1v) is 9.60. The topological polar surface area (TPSA) is 76.1 Å². The summed E-state index contributed by atoms with van der Waals surface area (Å²) in [5.41, 5.74) is 3.83. The number of aromatic nitrogens is 2. The third-order valence-corrected chi connectivity index (χ3v) is 4.50. The van der Waals surface area contributed by atoms with Crippen molar-refractivity contribution in [3.8, 4) is 5.75 Å². The van der Waals surface area contributed by atoms with Crippen LogP contribution in [-0.4, -0.2) is 29.5 Å². The molecule has 150 valence electrons. The molecule has 3 aromatic rings. The minimum Gasteiger partial charge on any atom is -0.497 e. The van der Waals surface area contributed by atoms with Gasteiger partial charge in [0.05, 0.1) is 7.11 Å². The highest BCUT2D eigenvalue weighted by Crippen LogP contribution is 2.13. The van der Waals surface area contributed by atoms with Crippen molar-refractivity contribution in [1.82, 2.24) is 15.3 Å². The molecule has 0 spiro atoms. The third-order valence-electron chi connectivity index (χ3n) is 4.50. The van der Waals surface area contributed by atoms with Gasteiger partial charge in [-0.1, -0.05) is 42.0 Å². The number of nitrogens with zero attached hydrogens (tertiary/aromatic N) is 2. The molecule has 0 aliphatic heterocycles. The normalized spacial score (nSPS) is 10.4. The van der Waals surface area contributed by atoms with Crippen LogP contribution in [0.15, 0.2) is 54.6 Å².